The van der Waals surface area contributed by atoms with Crippen molar-refractivity contribution in [2.75, 3.05) is 5.73 Å². The number of anilines is 1. The van der Waals surface area contributed by atoms with Crippen molar-refractivity contribution in [3.63, 3.8) is 0 Å². The number of nitrogens with zero attached hydrogens (tertiary/aromatic N) is 1. The minimum atomic E-state index is -0.979. The Labute approximate surface area is 109 Å². The van der Waals surface area contributed by atoms with Crippen molar-refractivity contribution >= 4 is 5.82 Å². The normalized spacial score (nSPS) is 12.4. The highest BCUT2D eigenvalue weighted by Crippen LogP contribution is 2.24. The topological polar surface area (TPSA) is 59.1 Å². The van der Waals surface area contributed by atoms with Crippen molar-refractivity contribution in [2.24, 2.45) is 0 Å². The first kappa shape index (κ1) is 13.4. The van der Waals surface area contributed by atoms with E-state index in [9.17, 15) is 13.9 Å². The van der Waals surface area contributed by atoms with Gasteiger partial charge in [-0.25, -0.2) is 13.8 Å². The number of aromatic nitrogens is 1. The van der Waals surface area contributed by atoms with Gasteiger partial charge in [0.25, 0.3) is 0 Å². The molecular formula is C14H14F2N2O. The van der Waals surface area contributed by atoms with Crippen molar-refractivity contribution in [3.05, 3.63) is 58.8 Å². The van der Waals surface area contributed by atoms with Crippen LogP contribution in [0.3, 0.4) is 0 Å². The van der Waals surface area contributed by atoms with Crippen LogP contribution >= 0.6 is 0 Å². The van der Waals surface area contributed by atoms with Crippen LogP contribution in [0.4, 0.5) is 14.6 Å². The van der Waals surface area contributed by atoms with E-state index in [4.69, 9.17) is 5.73 Å². The fourth-order valence-electron chi connectivity index (χ4n) is 1.87. The molecule has 0 saturated carbocycles. The lowest BCUT2D eigenvalue weighted by atomic mass is 10.0. The van der Waals surface area contributed by atoms with E-state index in [1.807, 2.05) is 6.92 Å². The summed E-state index contributed by atoms with van der Waals surface area (Å²) < 4.78 is 26.3. The molecule has 3 nitrogen and oxygen atoms in total. The number of nitrogens with two attached hydrogens (primary N) is 1. The lowest BCUT2D eigenvalue weighted by molar-refractivity contribution is 0.177. The van der Waals surface area contributed by atoms with Gasteiger partial charge in [-0.15, -0.1) is 0 Å². The summed E-state index contributed by atoms with van der Waals surface area (Å²) in [6, 6.07) is 4.96. The van der Waals surface area contributed by atoms with Gasteiger partial charge < -0.3 is 10.8 Å². The zero-order chi connectivity index (χ0) is 14.0. The molecule has 100 valence electrons. The summed E-state index contributed by atoms with van der Waals surface area (Å²) in [5.74, 6) is -1.12. The van der Waals surface area contributed by atoms with Crippen molar-refractivity contribution in [3.8, 4) is 0 Å². The zero-order valence-electron chi connectivity index (χ0n) is 10.4. The number of aliphatic hydroxyl groups excluding tert-OH is 1. The molecule has 19 heavy (non-hydrogen) atoms. The Balaban J connectivity index is 2.25. The summed E-state index contributed by atoms with van der Waals surface area (Å²) >= 11 is 0. The van der Waals surface area contributed by atoms with Crippen LogP contribution in [0, 0.1) is 18.6 Å². The molecule has 3 N–H and O–H groups in total. The number of hydrogen-bond acceptors (Lipinski definition) is 3. The SMILES string of the molecule is Cc1cnc(N)c(C(O)Cc2ccc(F)cc2F)c1. The van der Waals surface area contributed by atoms with Crippen molar-refractivity contribution in [2.45, 2.75) is 19.4 Å². The number of benzene rings is 1. The molecule has 2 rings (SSSR count). The fraction of sp³-hybridized carbons (Fsp3) is 0.214. The van der Waals surface area contributed by atoms with Crippen LogP contribution in [-0.4, -0.2) is 10.1 Å². The largest absolute Gasteiger partial charge is 0.388 e. The van der Waals surface area contributed by atoms with Crippen LogP contribution in [0.1, 0.15) is 22.8 Å². The summed E-state index contributed by atoms with van der Waals surface area (Å²) in [6.07, 6.45) is 0.623. The summed E-state index contributed by atoms with van der Waals surface area (Å²) in [5, 5.41) is 10.1. The Morgan fingerprint density at radius 3 is 2.74 bits per heavy atom. The molecule has 2 aromatic rings. The minimum Gasteiger partial charge on any atom is -0.388 e. The molecule has 0 aliphatic heterocycles. The van der Waals surface area contributed by atoms with Gasteiger partial charge in [-0.3, -0.25) is 0 Å². The van der Waals surface area contributed by atoms with Gasteiger partial charge in [0.1, 0.15) is 17.5 Å². The molecule has 1 aromatic heterocycles. The monoisotopic (exact) mass is 264 g/mol. The molecule has 1 heterocycles. The molecule has 0 saturated heterocycles. The molecule has 0 fully saturated rings. The van der Waals surface area contributed by atoms with Gasteiger partial charge in [0, 0.05) is 24.2 Å². The highest BCUT2D eigenvalue weighted by atomic mass is 19.1. The molecule has 0 aliphatic carbocycles. The zero-order valence-corrected chi connectivity index (χ0v) is 10.4. The number of hydrogen-bond donors (Lipinski definition) is 2. The highest BCUT2D eigenvalue weighted by Gasteiger charge is 2.15. The van der Waals surface area contributed by atoms with Crippen molar-refractivity contribution < 1.29 is 13.9 Å². The van der Waals surface area contributed by atoms with E-state index in [1.54, 1.807) is 12.3 Å². The maximum absolute atomic E-state index is 13.5. The van der Waals surface area contributed by atoms with Gasteiger partial charge in [-0.1, -0.05) is 6.07 Å². The number of aliphatic hydroxyl groups is 1. The van der Waals surface area contributed by atoms with E-state index < -0.39 is 17.7 Å². The van der Waals surface area contributed by atoms with Crippen LogP contribution in [-0.2, 0) is 6.42 Å². The molecule has 0 amide bonds. The Morgan fingerprint density at radius 2 is 2.05 bits per heavy atom. The van der Waals surface area contributed by atoms with E-state index in [0.29, 0.717) is 5.56 Å². The van der Waals surface area contributed by atoms with E-state index in [1.165, 1.54) is 6.07 Å². The summed E-state index contributed by atoms with van der Waals surface area (Å²) in [7, 11) is 0. The molecular weight excluding hydrogens is 250 g/mol. The van der Waals surface area contributed by atoms with Crippen molar-refractivity contribution in [1.82, 2.24) is 4.98 Å². The molecule has 0 radical (unpaired) electrons. The Morgan fingerprint density at radius 1 is 1.32 bits per heavy atom. The van der Waals surface area contributed by atoms with Gasteiger partial charge in [-0.05, 0) is 30.2 Å². The van der Waals surface area contributed by atoms with E-state index in [0.717, 1.165) is 17.7 Å². The highest BCUT2D eigenvalue weighted by molar-refractivity contribution is 5.42. The molecule has 0 aliphatic rings. The lowest BCUT2D eigenvalue weighted by Gasteiger charge is -2.14. The Bertz CT molecular complexity index is 602. The minimum absolute atomic E-state index is 0.0153. The van der Waals surface area contributed by atoms with Gasteiger partial charge in [0.2, 0.25) is 0 Å². The standard InChI is InChI=1S/C14H14F2N2O/c1-8-4-11(14(17)18-7-8)13(19)5-9-2-3-10(15)6-12(9)16/h2-4,6-7,13,19H,5H2,1H3,(H2,17,18). The van der Waals surface area contributed by atoms with Crippen LogP contribution in [0.25, 0.3) is 0 Å². The van der Waals surface area contributed by atoms with Crippen LogP contribution < -0.4 is 5.73 Å². The van der Waals surface area contributed by atoms with Crippen LogP contribution in [0.15, 0.2) is 30.5 Å². The average Bonchev–Trinajstić information content (AvgIpc) is 2.35. The third-order valence-electron chi connectivity index (χ3n) is 2.87. The van der Waals surface area contributed by atoms with Crippen LogP contribution in [0.5, 0.6) is 0 Å². The molecule has 1 aromatic carbocycles. The Kier molecular flexibility index (Phi) is 3.76. The smallest absolute Gasteiger partial charge is 0.129 e. The Hall–Kier alpha value is -2.01. The van der Waals surface area contributed by atoms with E-state index >= 15 is 0 Å². The molecule has 5 heteroatoms. The second-order valence-corrected chi connectivity index (χ2v) is 4.44. The number of pyridine rings is 1. The molecule has 0 bridgehead atoms. The first-order chi connectivity index (χ1) is 8.97. The van der Waals surface area contributed by atoms with Gasteiger partial charge in [0.05, 0.1) is 6.10 Å². The van der Waals surface area contributed by atoms with Gasteiger partial charge in [0.15, 0.2) is 0 Å². The molecule has 1 atom stereocenters. The number of rotatable bonds is 3. The third-order valence-corrected chi connectivity index (χ3v) is 2.87. The molecule has 0 spiro atoms. The second kappa shape index (κ2) is 5.32. The quantitative estimate of drug-likeness (QED) is 0.895. The maximum atomic E-state index is 13.5. The molecule has 1 unspecified atom stereocenters. The van der Waals surface area contributed by atoms with E-state index in [-0.39, 0.29) is 17.8 Å². The number of aryl methyl sites for hydroxylation is 1. The van der Waals surface area contributed by atoms with Gasteiger partial charge >= 0.3 is 0 Å². The first-order valence-corrected chi connectivity index (χ1v) is 5.81. The lowest BCUT2D eigenvalue weighted by Crippen LogP contribution is -2.08. The second-order valence-electron chi connectivity index (χ2n) is 4.44. The summed E-state index contributed by atoms with van der Waals surface area (Å²) in [5.41, 5.74) is 7.21. The van der Waals surface area contributed by atoms with Crippen molar-refractivity contribution in [1.29, 1.82) is 0 Å². The van der Waals surface area contributed by atoms with Crippen LogP contribution in [0.2, 0.25) is 0 Å². The summed E-state index contributed by atoms with van der Waals surface area (Å²) in [6.45, 7) is 1.82. The number of nitrogen functional groups attached to an aromatic ring is 1. The first-order valence-electron chi connectivity index (χ1n) is 5.81. The summed E-state index contributed by atoms with van der Waals surface area (Å²) in [4.78, 5) is 3.94. The van der Waals surface area contributed by atoms with Gasteiger partial charge in [-0.2, -0.15) is 0 Å². The maximum Gasteiger partial charge on any atom is 0.129 e. The van der Waals surface area contributed by atoms with E-state index in [2.05, 4.69) is 4.98 Å². The predicted molar refractivity (Wildman–Crippen MR) is 68.4 cm³/mol. The average molecular weight is 264 g/mol. The number of halogens is 2. The fourth-order valence-corrected chi connectivity index (χ4v) is 1.87. The third kappa shape index (κ3) is 3.06. The predicted octanol–water partition coefficient (Wildman–Crippen LogP) is 2.53.